The molecule has 0 fully saturated rings. The first kappa shape index (κ1) is 15.7. The van der Waals surface area contributed by atoms with Gasteiger partial charge in [0.2, 0.25) is 0 Å². The van der Waals surface area contributed by atoms with Gasteiger partial charge in [0.15, 0.2) is 0 Å². The van der Waals surface area contributed by atoms with Crippen molar-refractivity contribution >= 4 is 33.2 Å². The van der Waals surface area contributed by atoms with E-state index in [1.165, 1.54) is 11.3 Å². The summed E-state index contributed by atoms with van der Waals surface area (Å²) < 4.78 is 6.00. The summed E-state index contributed by atoms with van der Waals surface area (Å²) in [6, 6.07) is 1.87. The molecule has 1 heterocycles. The minimum absolute atomic E-state index is 0.0280. The van der Waals surface area contributed by atoms with E-state index in [1.807, 2.05) is 26.8 Å². The van der Waals surface area contributed by atoms with Crippen LogP contribution in [-0.2, 0) is 9.53 Å². The number of hydrogen-bond donors (Lipinski definition) is 1. The molecule has 0 aliphatic rings. The van der Waals surface area contributed by atoms with Gasteiger partial charge < -0.3 is 9.84 Å². The Balaban J connectivity index is 2.95. The number of carbonyl (C=O) groups excluding carboxylic acids is 1. The highest BCUT2D eigenvalue weighted by Gasteiger charge is 2.33. The molecular weight excluding hydrogens is 316 g/mol. The first-order valence-corrected chi connectivity index (χ1v) is 7.60. The van der Waals surface area contributed by atoms with E-state index in [9.17, 15) is 9.90 Å². The molecule has 3 nitrogen and oxygen atoms in total. The smallest absolute Gasteiger partial charge is 0.312 e. The predicted molar refractivity (Wildman–Crippen MR) is 76.7 cm³/mol. The highest BCUT2D eigenvalue weighted by atomic mass is 79.9. The lowest BCUT2D eigenvalue weighted by atomic mass is 9.89. The van der Waals surface area contributed by atoms with Crippen molar-refractivity contribution in [3.63, 3.8) is 0 Å². The summed E-state index contributed by atoms with van der Waals surface area (Å²) >= 11 is 4.92. The van der Waals surface area contributed by atoms with Crippen molar-refractivity contribution in [2.75, 3.05) is 6.61 Å². The third-order valence-corrected chi connectivity index (χ3v) is 4.99. The third kappa shape index (κ3) is 3.56. The zero-order valence-electron chi connectivity index (χ0n) is 11.1. The van der Waals surface area contributed by atoms with E-state index in [0.29, 0.717) is 6.61 Å². The highest BCUT2D eigenvalue weighted by molar-refractivity contribution is 9.10. The van der Waals surface area contributed by atoms with Crippen molar-refractivity contribution in [1.29, 1.82) is 0 Å². The predicted octanol–water partition coefficient (Wildman–Crippen LogP) is 3.69. The summed E-state index contributed by atoms with van der Waals surface area (Å²) in [5.74, 6) is -0.822. The second kappa shape index (κ2) is 6.68. The number of halogens is 1. The molecule has 1 rings (SSSR count). The van der Waals surface area contributed by atoms with Crippen LogP contribution >= 0.6 is 27.3 Å². The Labute approximate surface area is 120 Å². The van der Waals surface area contributed by atoms with Gasteiger partial charge in [0, 0.05) is 14.2 Å². The topological polar surface area (TPSA) is 46.5 Å². The first-order valence-electron chi connectivity index (χ1n) is 5.99. The van der Waals surface area contributed by atoms with Crippen LogP contribution in [0.5, 0.6) is 0 Å². The minimum atomic E-state index is -0.806. The molecule has 0 aliphatic carbocycles. The molecule has 1 aromatic heterocycles. The Morgan fingerprint density at radius 3 is 2.56 bits per heavy atom. The van der Waals surface area contributed by atoms with Crippen molar-refractivity contribution in [1.82, 2.24) is 0 Å². The zero-order chi connectivity index (χ0) is 13.9. The first-order chi connectivity index (χ1) is 8.38. The summed E-state index contributed by atoms with van der Waals surface area (Å²) in [5, 5.41) is 10.4. The normalized spacial score (nSPS) is 14.6. The molecule has 5 heteroatoms. The minimum Gasteiger partial charge on any atom is -0.466 e. The fraction of sp³-hybridized carbons (Fsp3) is 0.615. The average Bonchev–Trinajstić information content (AvgIpc) is 2.59. The largest absolute Gasteiger partial charge is 0.466 e. The van der Waals surface area contributed by atoms with Crippen molar-refractivity contribution in [3.05, 3.63) is 20.3 Å². The number of aliphatic hydroxyl groups excluding tert-OH is 1. The van der Waals surface area contributed by atoms with Crippen molar-refractivity contribution in [2.24, 2.45) is 11.8 Å². The molecule has 0 saturated heterocycles. The second-order valence-corrected chi connectivity index (χ2v) is 6.66. The van der Waals surface area contributed by atoms with Crippen molar-refractivity contribution < 1.29 is 14.6 Å². The Kier molecular flexibility index (Phi) is 5.82. The SMILES string of the molecule is CCOC(=O)C(C(C)C)C(O)c1cc(Br)c(C)s1. The van der Waals surface area contributed by atoms with Crippen molar-refractivity contribution in [2.45, 2.75) is 33.8 Å². The lowest BCUT2D eigenvalue weighted by molar-refractivity contribution is -0.154. The number of rotatable bonds is 5. The number of thiophene rings is 1. The van der Waals surface area contributed by atoms with Gasteiger partial charge in [0.05, 0.1) is 12.5 Å². The molecule has 1 N–H and O–H groups in total. The van der Waals surface area contributed by atoms with E-state index in [4.69, 9.17) is 4.74 Å². The lowest BCUT2D eigenvalue weighted by Crippen LogP contribution is -2.28. The molecule has 0 bridgehead atoms. The van der Waals surface area contributed by atoms with Crippen LogP contribution in [0.1, 0.15) is 36.6 Å². The fourth-order valence-corrected chi connectivity index (χ4v) is 3.40. The van der Waals surface area contributed by atoms with Gasteiger partial charge in [-0.15, -0.1) is 11.3 Å². The summed E-state index contributed by atoms with van der Waals surface area (Å²) in [5.41, 5.74) is 0. The van der Waals surface area contributed by atoms with Crippen molar-refractivity contribution in [3.8, 4) is 0 Å². The summed E-state index contributed by atoms with van der Waals surface area (Å²) in [6.07, 6.45) is -0.806. The molecule has 18 heavy (non-hydrogen) atoms. The fourth-order valence-electron chi connectivity index (χ4n) is 1.81. The zero-order valence-corrected chi connectivity index (χ0v) is 13.5. The van der Waals surface area contributed by atoms with E-state index in [1.54, 1.807) is 6.92 Å². The monoisotopic (exact) mass is 334 g/mol. The maximum atomic E-state index is 11.9. The van der Waals surface area contributed by atoms with Gasteiger partial charge in [0.1, 0.15) is 6.10 Å². The van der Waals surface area contributed by atoms with Crippen LogP contribution in [0.2, 0.25) is 0 Å². The molecule has 2 atom stereocenters. The van der Waals surface area contributed by atoms with Gasteiger partial charge in [-0.05, 0) is 41.8 Å². The van der Waals surface area contributed by atoms with Crippen LogP contribution in [0, 0.1) is 18.8 Å². The molecule has 0 radical (unpaired) electrons. The summed E-state index contributed by atoms with van der Waals surface area (Å²) in [7, 11) is 0. The van der Waals surface area contributed by atoms with Crippen LogP contribution in [-0.4, -0.2) is 17.7 Å². The van der Waals surface area contributed by atoms with E-state index in [-0.39, 0.29) is 11.9 Å². The van der Waals surface area contributed by atoms with Gasteiger partial charge in [-0.1, -0.05) is 13.8 Å². The quantitative estimate of drug-likeness (QED) is 0.835. The van der Waals surface area contributed by atoms with E-state index < -0.39 is 12.0 Å². The molecular formula is C13H19BrO3S. The van der Waals surface area contributed by atoms with Gasteiger partial charge in [-0.2, -0.15) is 0 Å². The third-order valence-electron chi connectivity index (χ3n) is 2.78. The molecule has 0 spiro atoms. The van der Waals surface area contributed by atoms with Crippen LogP contribution < -0.4 is 0 Å². The highest BCUT2D eigenvalue weighted by Crippen LogP contribution is 2.36. The van der Waals surface area contributed by atoms with Crippen LogP contribution in [0.3, 0.4) is 0 Å². The summed E-state index contributed by atoms with van der Waals surface area (Å²) in [6.45, 7) is 7.91. The molecule has 2 unspecified atom stereocenters. The molecule has 0 aliphatic heterocycles. The van der Waals surface area contributed by atoms with Gasteiger partial charge in [-0.25, -0.2) is 0 Å². The number of aliphatic hydroxyl groups is 1. The number of ether oxygens (including phenoxy) is 1. The maximum absolute atomic E-state index is 11.9. The maximum Gasteiger partial charge on any atom is 0.312 e. The van der Waals surface area contributed by atoms with Gasteiger partial charge in [0.25, 0.3) is 0 Å². The standard InChI is InChI=1S/C13H19BrO3S/c1-5-17-13(16)11(7(2)3)12(15)10-6-9(14)8(4)18-10/h6-7,11-12,15H,5H2,1-4H3. The molecule has 1 aromatic rings. The van der Waals surface area contributed by atoms with E-state index in [0.717, 1.165) is 14.2 Å². The number of hydrogen-bond acceptors (Lipinski definition) is 4. The van der Waals surface area contributed by atoms with Gasteiger partial charge in [-0.3, -0.25) is 4.79 Å². The summed E-state index contributed by atoms with van der Waals surface area (Å²) in [4.78, 5) is 13.8. The molecule has 0 saturated carbocycles. The van der Waals surface area contributed by atoms with Crippen LogP contribution in [0.25, 0.3) is 0 Å². The average molecular weight is 335 g/mol. The number of aryl methyl sites for hydroxylation is 1. The van der Waals surface area contributed by atoms with Crippen LogP contribution in [0.15, 0.2) is 10.5 Å². The Morgan fingerprint density at radius 1 is 1.56 bits per heavy atom. The molecule has 102 valence electrons. The van der Waals surface area contributed by atoms with Gasteiger partial charge >= 0.3 is 5.97 Å². The van der Waals surface area contributed by atoms with Crippen LogP contribution in [0.4, 0.5) is 0 Å². The Bertz CT molecular complexity index is 395. The lowest BCUT2D eigenvalue weighted by Gasteiger charge is -2.23. The van der Waals surface area contributed by atoms with E-state index in [2.05, 4.69) is 15.9 Å². The Hall–Kier alpha value is -0.390. The molecule has 0 amide bonds. The number of carbonyl (C=O) groups is 1. The Morgan fingerprint density at radius 2 is 2.17 bits per heavy atom. The van der Waals surface area contributed by atoms with E-state index >= 15 is 0 Å². The number of esters is 1. The molecule has 0 aromatic carbocycles. The second-order valence-electron chi connectivity index (χ2n) is 4.52.